The van der Waals surface area contributed by atoms with E-state index in [0.29, 0.717) is 12.5 Å². The van der Waals surface area contributed by atoms with Gasteiger partial charge in [0.25, 0.3) is 0 Å². The molecule has 2 atom stereocenters. The molecule has 2 nitrogen and oxygen atoms in total. The number of carbonyl (C=O) groups is 1. The van der Waals surface area contributed by atoms with Crippen molar-refractivity contribution >= 4 is 5.97 Å². The Balaban J connectivity index is 4.07. The molecule has 0 fully saturated rings. The number of ether oxygens (including phenoxy) is 1. The first kappa shape index (κ1) is 33.5. The zero-order valence-electron chi connectivity index (χ0n) is 24.1. The number of carbonyl (C=O) groups excluding carboxylic acids is 1. The summed E-state index contributed by atoms with van der Waals surface area (Å²) in [7, 11) is 0. The molecule has 0 saturated heterocycles. The lowest BCUT2D eigenvalue weighted by Crippen LogP contribution is -2.20. The van der Waals surface area contributed by atoms with Gasteiger partial charge in [-0.2, -0.15) is 0 Å². The van der Waals surface area contributed by atoms with E-state index in [-0.39, 0.29) is 11.9 Å². The highest BCUT2D eigenvalue weighted by Crippen LogP contribution is 2.21. The quantitative estimate of drug-likeness (QED) is 0.0862. The van der Waals surface area contributed by atoms with E-state index in [1.54, 1.807) is 0 Å². The first-order valence-corrected chi connectivity index (χ1v) is 15.8. The summed E-state index contributed by atoms with van der Waals surface area (Å²) in [6.45, 7) is 9.55. The molecule has 0 aliphatic carbocycles. The summed E-state index contributed by atoms with van der Waals surface area (Å²) in [4.78, 5) is 12.5. The van der Waals surface area contributed by atoms with Crippen molar-refractivity contribution in [1.29, 1.82) is 0 Å². The number of rotatable bonds is 27. The van der Waals surface area contributed by atoms with Gasteiger partial charge in [-0.1, -0.05) is 163 Å². The second-order valence-corrected chi connectivity index (χ2v) is 11.1. The molecule has 0 bridgehead atoms. The van der Waals surface area contributed by atoms with E-state index in [0.717, 1.165) is 6.42 Å². The molecule has 2 unspecified atom stereocenters. The van der Waals surface area contributed by atoms with Crippen LogP contribution in [0.3, 0.4) is 0 Å². The first-order valence-electron chi connectivity index (χ1n) is 15.8. The van der Waals surface area contributed by atoms with Crippen molar-refractivity contribution < 1.29 is 9.53 Å². The molecule has 0 aromatic rings. The SMILES string of the molecule is CCCCCCCCCCCCC(CCCCCCC)COC(=O)C(C)CCCCCCCC. The number of hydrogen-bond acceptors (Lipinski definition) is 2. The standard InChI is InChI=1S/C32H64O2/c1-5-8-11-14-16-17-18-19-22-25-28-31(27-24-20-13-10-7-3)29-34-32(33)30(4)26-23-21-15-12-9-6-2/h30-31H,5-29H2,1-4H3. The molecule has 0 saturated carbocycles. The van der Waals surface area contributed by atoms with Gasteiger partial charge in [0.1, 0.15) is 0 Å². The number of esters is 1. The zero-order chi connectivity index (χ0) is 25.1. The van der Waals surface area contributed by atoms with Crippen LogP contribution in [0.1, 0.15) is 182 Å². The van der Waals surface area contributed by atoms with Crippen molar-refractivity contribution in [2.75, 3.05) is 6.61 Å². The molecule has 34 heavy (non-hydrogen) atoms. The summed E-state index contributed by atoms with van der Waals surface area (Å²) in [6, 6.07) is 0. The summed E-state index contributed by atoms with van der Waals surface area (Å²) >= 11 is 0. The summed E-state index contributed by atoms with van der Waals surface area (Å²) in [5.74, 6) is 0.683. The fourth-order valence-corrected chi connectivity index (χ4v) is 4.96. The average Bonchev–Trinajstić information content (AvgIpc) is 2.84. The predicted octanol–water partition coefficient (Wildman–Crippen LogP) is 11.2. The third-order valence-corrected chi connectivity index (χ3v) is 7.54. The Labute approximate surface area is 215 Å². The molecule has 0 aromatic heterocycles. The molecule has 0 radical (unpaired) electrons. The lowest BCUT2D eigenvalue weighted by Gasteiger charge is -2.19. The van der Waals surface area contributed by atoms with E-state index >= 15 is 0 Å². The highest BCUT2D eigenvalue weighted by molar-refractivity contribution is 5.71. The van der Waals surface area contributed by atoms with Crippen molar-refractivity contribution in [3.05, 3.63) is 0 Å². The van der Waals surface area contributed by atoms with Gasteiger partial charge < -0.3 is 4.74 Å². The lowest BCUT2D eigenvalue weighted by atomic mass is 9.94. The van der Waals surface area contributed by atoms with Gasteiger partial charge in [-0.25, -0.2) is 0 Å². The van der Waals surface area contributed by atoms with Crippen LogP contribution in [0.2, 0.25) is 0 Å². The maximum absolute atomic E-state index is 12.5. The highest BCUT2D eigenvalue weighted by Gasteiger charge is 2.17. The Hall–Kier alpha value is -0.530. The minimum absolute atomic E-state index is 0.0487. The van der Waals surface area contributed by atoms with E-state index in [1.165, 1.54) is 148 Å². The van der Waals surface area contributed by atoms with Crippen molar-refractivity contribution in [1.82, 2.24) is 0 Å². The molecule has 0 N–H and O–H groups in total. The van der Waals surface area contributed by atoms with Crippen LogP contribution in [-0.2, 0) is 9.53 Å². The van der Waals surface area contributed by atoms with Gasteiger partial charge >= 0.3 is 5.97 Å². The molecule has 204 valence electrons. The molecule has 0 rings (SSSR count). The Morgan fingerprint density at radius 3 is 1.21 bits per heavy atom. The summed E-state index contributed by atoms with van der Waals surface area (Å²) in [5.41, 5.74) is 0. The van der Waals surface area contributed by atoms with Gasteiger partial charge in [0.05, 0.1) is 12.5 Å². The third kappa shape index (κ3) is 23.2. The van der Waals surface area contributed by atoms with E-state index < -0.39 is 0 Å². The molecular weight excluding hydrogens is 416 g/mol. The molecule has 0 spiro atoms. The molecule has 2 heteroatoms. The predicted molar refractivity (Wildman–Crippen MR) is 151 cm³/mol. The van der Waals surface area contributed by atoms with Crippen molar-refractivity contribution in [3.63, 3.8) is 0 Å². The summed E-state index contributed by atoms with van der Waals surface area (Å²) in [6.07, 6.45) is 31.7. The molecule has 0 heterocycles. The van der Waals surface area contributed by atoms with Gasteiger partial charge in [0, 0.05) is 0 Å². The average molecular weight is 481 g/mol. The van der Waals surface area contributed by atoms with Crippen LogP contribution in [0.5, 0.6) is 0 Å². The van der Waals surface area contributed by atoms with Gasteiger partial charge in [0.2, 0.25) is 0 Å². The lowest BCUT2D eigenvalue weighted by molar-refractivity contribution is -0.149. The Morgan fingerprint density at radius 1 is 0.500 bits per heavy atom. The Kier molecular flexibility index (Phi) is 26.6. The van der Waals surface area contributed by atoms with Gasteiger partial charge in [0.15, 0.2) is 0 Å². The minimum atomic E-state index is 0.0487. The van der Waals surface area contributed by atoms with Crippen LogP contribution in [0, 0.1) is 11.8 Å². The van der Waals surface area contributed by atoms with Gasteiger partial charge in [-0.3, -0.25) is 4.79 Å². The smallest absolute Gasteiger partial charge is 0.308 e. The molecule has 0 aliphatic heterocycles. The van der Waals surface area contributed by atoms with E-state index in [9.17, 15) is 4.79 Å². The first-order chi connectivity index (χ1) is 16.7. The van der Waals surface area contributed by atoms with Crippen LogP contribution in [0.4, 0.5) is 0 Å². The van der Waals surface area contributed by atoms with Crippen LogP contribution < -0.4 is 0 Å². The maximum Gasteiger partial charge on any atom is 0.308 e. The van der Waals surface area contributed by atoms with Gasteiger partial charge in [-0.05, 0) is 25.2 Å². The maximum atomic E-state index is 12.5. The third-order valence-electron chi connectivity index (χ3n) is 7.54. The van der Waals surface area contributed by atoms with E-state index in [1.807, 2.05) is 0 Å². The van der Waals surface area contributed by atoms with Crippen molar-refractivity contribution in [2.24, 2.45) is 11.8 Å². The summed E-state index contributed by atoms with van der Waals surface area (Å²) < 4.78 is 5.84. The summed E-state index contributed by atoms with van der Waals surface area (Å²) in [5, 5.41) is 0. The number of hydrogen-bond donors (Lipinski definition) is 0. The second kappa shape index (κ2) is 27.1. The van der Waals surface area contributed by atoms with E-state index in [4.69, 9.17) is 4.74 Å². The van der Waals surface area contributed by atoms with Crippen molar-refractivity contribution in [2.45, 2.75) is 182 Å². The highest BCUT2D eigenvalue weighted by atomic mass is 16.5. The number of unbranched alkanes of at least 4 members (excludes halogenated alkanes) is 18. The fraction of sp³-hybridized carbons (Fsp3) is 0.969. The topological polar surface area (TPSA) is 26.3 Å². The Bertz CT molecular complexity index is 406. The zero-order valence-corrected chi connectivity index (χ0v) is 24.1. The van der Waals surface area contributed by atoms with Crippen LogP contribution in [-0.4, -0.2) is 12.6 Å². The van der Waals surface area contributed by atoms with Crippen LogP contribution >= 0.6 is 0 Å². The normalized spacial score (nSPS) is 13.2. The molecule has 0 amide bonds. The fourth-order valence-electron chi connectivity index (χ4n) is 4.96. The minimum Gasteiger partial charge on any atom is -0.465 e. The van der Waals surface area contributed by atoms with E-state index in [2.05, 4.69) is 27.7 Å². The van der Waals surface area contributed by atoms with Crippen LogP contribution in [0.25, 0.3) is 0 Å². The monoisotopic (exact) mass is 480 g/mol. The molecule has 0 aromatic carbocycles. The van der Waals surface area contributed by atoms with Crippen molar-refractivity contribution in [3.8, 4) is 0 Å². The molecule has 0 aliphatic rings. The van der Waals surface area contributed by atoms with Crippen LogP contribution in [0.15, 0.2) is 0 Å². The van der Waals surface area contributed by atoms with Gasteiger partial charge in [-0.15, -0.1) is 0 Å². The largest absolute Gasteiger partial charge is 0.465 e. The Morgan fingerprint density at radius 2 is 0.824 bits per heavy atom. The molecular formula is C32H64O2. The second-order valence-electron chi connectivity index (χ2n) is 11.1.